The molecule has 21 heavy (non-hydrogen) atoms. The topological polar surface area (TPSA) is 54.0 Å². The van der Waals surface area contributed by atoms with Crippen LogP contribution in [0.1, 0.15) is 62.9 Å². The van der Waals surface area contributed by atoms with Crippen molar-refractivity contribution in [2.75, 3.05) is 11.9 Å². The van der Waals surface area contributed by atoms with E-state index in [-0.39, 0.29) is 5.91 Å². The van der Waals surface area contributed by atoms with Crippen LogP contribution in [0.25, 0.3) is 0 Å². The first kappa shape index (κ1) is 15.8. The lowest BCUT2D eigenvalue weighted by Crippen LogP contribution is -2.36. The van der Waals surface area contributed by atoms with E-state index in [1.165, 1.54) is 19.3 Å². The van der Waals surface area contributed by atoms with Gasteiger partial charge in [-0.2, -0.15) is 0 Å². The Morgan fingerprint density at radius 2 is 2.05 bits per heavy atom. The monoisotopic (exact) mass is 289 g/mol. The molecule has 1 aromatic rings. The molecule has 1 fully saturated rings. The fraction of sp³-hybridized carbons (Fsp3) is 0.647. The molecule has 0 aromatic carbocycles. The lowest BCUT2D eigenvalue weighted by molar-refractivity contribution is 0.0922. The third kappa shape index (κ3) is 5.37. The first-order chi connectivity index (χ1) is 10.1. The molecule has 1 saturated carbocycles. The Hall–Kier alpha value is -1.58. The number of pyridine rings is 1. The Kier molecular flexibility index (Phi) is 6.03. The highest BCUT2D eigenvalue weighted by Gasteiger charge is 2.17. The van der Waals surface area contributed by atoms with Crippen LogP contribution < -0.4 is 10.6 Å². The predicted molar refractivity (Wildman–Crippen MR) is 86.5 cm³/mol. The molecule has 1 aromatic heterocycles. The van der Waals surface area contributed by atoms with E-state index in [4.69, 9.17) is 0 Å². The van der Waals surface area contributed by atoms with Crippen molar-refractivity contribution < 1.29 is 4.79 Å². The summed E-state index contributed by atoms with van der Waals surface area (Å²) in [7, 11) is 0. The highest BCUT2D eigenvalue weighted by Crippen LogP contribution is 2.17. The zero-order valence-electron chi connectivity index (χ0n) is 13.2. The molecule has 0 spiro atoms. The summed E-state index contributed by atoms with van der Waals surface area (Å²) >= 11 is 0. The number of aromatic nitrogens is 1. The SMILES string of the molecule is CC(C)CCNc1ccc(C(=O)NC2CCCCC2)nc1. The molecule has 1 amide bonds. The standard InChI is InChI=1S/C17H27N3O/c1-13(2)10-11-18-15-8-9-16(19-12-15)17(21)20-14-6-4-3-5-7-14/h8-9,12-14,18H,3-7,10-11H2,1-2H3,(H,20,21). The van der Waals surface area contributed by atoms with Gasteiger partial charge in [-0.25, -0.2) is 4.98 Å². The number of nitrogens with one attached hydrogen (secondary N) is 2. The summed E-state index contributed by atoms with van der Waals surface area (Å²) in [6, 6.07) is 4.07. The minimum absolute atomic E-state index is 0.0457. The highest BCUT2D eigenvalue weighted by atomic mass is 16.1. The van der Waals surface area contributed by atoms with Crippen LogP contribution >= 0.6 is 0 Å². The van der Waals surface area contributed by atoms with Crippen LogP contribution in [-0.2, 0) is 0 Å². The molecule has 1 heterocycles. The lowest BCUT2D eigenvalue weighted by atomic mass is 9.95. The first-order valence-corrected chi connectivity index (χ1v) is 8.16. The van der Waals surface area contributed by atoms with Crippen LogP contribution in [0.4, 0.5) is 5.69 Å². The summed E-state index contributed by atoms with van der Waals surface area (Å²) in [6.45, 7) is 5.35. The maximum absolute atomic E-state index is 12.1. The largest absolute Gasteiger partial charge is 0.384 e. The van der Waals surface area contributed by atoms with Crippen LogP contribution in [0.3, 0.4) is 0 Å². The molecule has 0 saturated heterocycles. The van der Waals surface area contributed by atoms with E-state index in [9.17, 15) is 4.79 Å². The van der Waals surface area contributed by atoms with Gasteiger partial charge in [-0.05, 0) is 37.3 Å². The van der Waals surface area contributed by atoms with E-state index in [2.05, 4.69) is 29.5 Å². The molecule has 0 atom stereocenters. The predicted octanol–water partition coefficient (Wildman–Crippen LogP) is 3.60. The number of hydrogen-bond donors (Lipinski definition) is 2. The Bertz CT molecular complexity index is 436. The van der Waals surface area contributed by atoms with Gasteiger partial charge < -0.3 is 10.6 Å². The van der Waals surface area contributed by atoms with Crippen molar-refractivity contribution in [2.45, 2.75) is 58.4 Å². The zero-order valence-corrected chi connectivity index (χ0v) is 13.2. The zero-order chi connectivity index (χ0) is 15.1. The maximum Gasteiger partial charge on any atom is 0.270 e. The molecule has 0 unspecified atom stereocenters. The molecule has 116 valence electrons. The minimum Gasteiger partial charge on any atom is -0.384 e. The van der Waals surface area contributed by atoms with Gasteiger partial charge in [0.2, 0.25) is 0 Å². The van der Waals surface area contributed by atoms with Crippen molar-refractivity contribution in [3.05, 3.63) is 24.0 Å². The van der Waals surface area contributed by atoms with E-state index in [1.54, 1.807) is 12.3 Å². The van der Waals surface area contributed by atoms with Crippen molar-refractivity contribution in [2.24, 2.45) is 5.92 Å². The average Bonchev–Trinajstić information content (AvgIpc) is 2.48. The van der Waals surface area contributed by atoms with Crippen molar-refractivity contribution in [1.82, 2.24) is 10.3 Å². The van der Waals surface area contributed by atoms with Crippen LogP contribution in [0.2, 0.25) is 0 Å². The van der Waals surface area contributed by atoms with Crippen molar-refractivity contribution >= 4 is 11.6 Å². The third-order valence-electron chi connectivity index (χ3n) is 3.99. The van der Waals surface area contributed by atoms with Crippen LogP contribution in [0, 0.1) is 5.92 Å². The third-order valence-corrected chi connectivity index (χ3v) is 3.99. The number of nitrogens with zero attached hydrogens (tertiary/aromatic N) is 1. The number of anilines is 1. The second-order valence-electron chi connectivity index (χ2n) is 6.35. The van der Waals surface area contributed by atoms with Gasteiger partial charge in [-0.1, -0.05) is 33.1 Å². The van der Waals surface area contributed by atoms with Crippen LogP contribution in [-0.4, -0.2) is 23.5 Å². The first-order valence-electron chi connectivity index (χ1n) is 8.16. The summed E-state index contributed by atoms with van der Waals surface area (Å²) < 4.78 is 0. The quantitative estimate of drug-likeness (QED) is 0.841. The molecule has 0 bridgehead atoms. The highest BCUT2D eigenvalue weighted by molar-refractivity contribution is 5.92. The summed E-state index contributed by atoms with van der Waals surface area (Å²) in [5.41, 5.74) is 1.49. The summed E-state index contributed by atoms with van der Waals surface area (Å²) in [5, 5.41) is 6.42. The molecular weight excluding hydrogens is 262 g/mol. The number of carbonyl (C=O) groups excluding carboxylic acids is 1. The molecule has 1 aliphatic carbocycles. The van der Waals surface area contributed by atoms with Gasteiger partial charge in [-0.3, -0.25) is 4.79 Å². The average molecular weight is 289 g/mol. The number of amides is 1. The van der Waals surface area contributed by atoms with E-state index >= 15 is 0 Å². The molecule has 1 aliphatic rings. The van der Waals surface area contributed by atoms with Gasteiger partial charge in [0.25, 0.3) is 5.91 Å². The Morgan fingerprint density at radius 1 is 1.29 bits per heavy atom. The second kappa shape index (κ2) is 8.01. The van der Waals surface area contributed by atoms with Crippen molar-refractivity contribution in [3.63, 3.8) is 0 Å². The number of carbonyl (C=O) groups is 1. The molecule has 0 aliphatic heterocycles. The van der Waals surface area contributed by atoms with E-state index < -0.39 is 0 Å². The molecule has 4 nitrogen and oxygen atoms in total. The smallest absolute Gasteiger partial charge is 0.270 e. The normalized spacial score (nSPS) is 16.0. The second-order valence-corrected chi connectivity index (χ2v) is 6.35. The van der Waals surface area contributed by atoms with Crippen molar-refractivity contribution in [3.8, 4) is 0 Å². The maximum atomic E-state index is 12.1. The molecule has 2 N–H and O–H groups in total. The Balaban J connectivity index is 1.81. The Labute approximate surface area is 127 Å². The Morgan fingerprint density at radius 3 is 2.67 bits per heavy atom. The fourth-order valence-electron chi connectivity index (χ4n) is 2.64. The summed E-state index contributed by atoms with van der Waals surface area (Å²) in [5.74, 6) is 0.640. The fourth-order valence-corrected chi connectivity index (χ4v) is 2.64. The number of rotatable bonds is 6. The van der Waals surface area contributed by atoms with Gasteiger partial charge in [0.1, 0.15) is 5.69 Å². The number of hydrogen-bond acceptors (Lipinski definition) is 3. The van der Waals surface area contributed by atoms with E-state index in [0.717, 1.165) is 31.5 Å². The van der Waals surface area contributed by atoms with Gasteiger partial charge in [-0.15, -0.1) is 0 Å². The molecule has 4 heteroatoms. The molecular formula is C17H27N3O. The van der Waals surface area contributed by atoms with E-state index in [1.807, 2.05) is 6.07 Å². The molecule has 0 radical (unpaired) electrons. The van der Waals surface area contributed by atoms with Crippen LogP contribution in [0.5, 0.6) is 0 Å². The van der Waals surface area contributed by atoms with Gasteiger partial charge in [0.15, 0.2) is 0 Å². The van der Waals surface area contributed by atoms with E-state index in [0.29, 0.717) is 17.7 Å². The minimum atomic E-state index is -0.0457. The summed E-state index contributed by atoms with van der Waals surface area (Å²) in [6.07, 6.45) is 8.80. The molecule has 2 rings (SSSR count). The van der Waals surface area contributed by atoms with Gasteiger partial charge in [0, 0.05) is 12.6 Å². The van der Waals surface area contributed by atoms with Gasteiger partial charge in [0.05, 0.1) is 11.9 Å². The summed E-state index contributed by atoms with van der Waals surface area (Å²) in [4.78, 5) is 16.4. The van der Waals surface area contributed by atoms with Crippen molar-refractivity contribution in [1.29, 1.82) is 0 Å². The van der Waals surface area contributed by atoms with Gasteiger partial charge >= 0.3 is 0 Å². The lowest BCUT2D eigenvalue weighted by Gasteiger charge is -2.22. The van der Waals surface area contributed by atoms with Crippen LogP contribution in [0.15, 0.2) is 18.3 Å².